The Balaban J connectivity index is 1.70. The summed E-state index contributed by atoms with van der Waals surface area (Å²) < 4.78 is 1.27. The van der Waals surface area contributed by atoms with Crippen molar-refractivity contribution in [2.24, 2.45) is 0 Å². The quantitative estimate of drug-likeness (QED) is 0.442. The van der Waals surface area contributed by atoms with Crippen LogP contribution in [0.15, 0.2) is 67.4 Å². The molecule has 4 rings (SSSR count). The molecule has 0 aliphatic carbocycles. The van der Waals surface area contributed by atoms with Crippen LogP contribution in [-0.4, -0.2) is 30.6 Å². The maximum atomic E-state index is 12.6. The van der Waals surface area contributed by atoms with E-state index in [0.717, 1.165) is 5.39 Å². The number of para-hydroxylation sites is 1. The Morgan fingerprint density at radius 1 is 1.15 bits per heavy atom. The van der Waals surface area contributed by atoms with Crippen molar-refractivity contribution in [3.63, 3.8) is 0 Å². The maximum Gasteiger partial charge on any atom is 0.295 e. The van der Waals surface area contributed by atoms with Crippen LogP contribution >= 0.6 is 0 Å². The van der Waals surface area contributed by atoms with Crippen molar-refractivity contribution >= 4 is 28.2 Å². The van der Waals surface area contributed by atoms with Crippen molar-refractivity contribution in [2.75, 3.05) is 5.32 Å². The lowest BCUT2D eigenvalue weighted by Gasteiger charge is -2.09. The lowest BCUT2D eigenvalue weighted by molar-refractivity contribution is -0.384. The van der Waals surface area contributed by atoms with E-state index in [1.54, 1.807) is 24.4 Å². The Bertz CT molecular complexity index is 1150. The number of rotatable bonds is 4. The SMILES string of the molecule is O=C(Nc1cccc2cccnc12)c1ccc(-n2cncn2)c([N+](=O)[O-])c1. The molecule has 0 spiro atoms. The fourth-order valence-corrected chi connectivity index (χ4v) is 2.74. The highest BCUT2D eigenvalue weighted by atomic mass is 16.6. The Labute approximate surface area is 152 Å². The van der Waals surface area contributed by atoms with Gasteiger partial charge in [0, 0.05) is 23.2 Å². The molecule has 1 amide bonds. The van der Waals surface area contributed by atoms with Crippen molar-refractivity contribution in [3.05, 3.63) is 83.1 Å². The minimum atomic E-state index is -0.562. The Morgan fingerprint density at radius 3 is 2.78 bits per heavy atom. The molecule has 2 aromatic carbocycles. The molecule has 0 aliphatic rings. The molecule has 9 heteroatoms. The largest absolute Gasteiger partial charge is 0.320 e. The topological polar surface area (TPSA) is 116 Å². The number of nitro groups is 1. The van der Waals surface area contributed by atoms with E-state index in [0.29, 0.717) is 11.2 Å². The van der Waals surface area contributed by atoms with E-state index in [9.17, 15) is 14.9 Å². The van der Waals surface area contributed by atoms with Crippen LogP contribution in [0.5, 0.6) is 0 Å². The number of nitrogens with zero attached hydrogens (tertiary/aromatic N) is 5. The number of fused-ring (bicyclic) bond motifs is 1. The summed E-state index contributed by atoms with van der Waals surface area (Å²) in [6.45, 7) is 0. The van der Waals surface area contributed by atoms with Crippen molar-refractivity contribution < 1.29 is 9.72 Å². The third kappa shape index (κ3) is 3.09. The number of nitrogens with one attached hydrogen (secondary N) is 1. The number of hydrogen-bond donors (Lipinski definition) is 1. The normalized spacial score (nSPS) is 10.7. The first-order valence-electron chi connectivity index (χ1n) is 7.92. The van der Waals surface area contributed by atoms with Crippen LogP contribution < -0.4 is 5.32 Å². The summed E-state index contributed by atoms with van der Waals surface area (Å²) in [6, 6.07) is 13.3. The van der Waals surface area contributed by atoms with E-state index in [2.05, 4.69) is 20.4 Å². The average molecular weight is 360 g/mol. The lowest BCUT2D eigenvalue weighted by Crippen LogP contribution is -2.13. The number of benzene rings is 2. The maximum absolute atomic E-state index is 12.6. The van der Waals surface area contributed by atoms with Gasteiger partial charge in [-0.25, -0.2) is 9.67 Å². The van der Waals surface area contributed by atoms with E-state index in [-0.39, 0.29) is 16.9 Å². The molecular weight excluding hydrogens is 348 g/mol. The molecule has 132 valence electrons. The van der Waals surface area contributed by atoms with Crippen LogP contribution in [0.3, 0.4) is 0 Å². The second-order valence-corrected chi connectivity index (χ2v) is 5.64. The highest BCUT2D eigenvalue weighted by Gasteiger charge is 2.20. The van der Waals surface area contributed by atoms with Gasteiger partial charge >= 0.3 is 0 Å². The van der Waals surface area contributed by atoms with Crippen LogP contribution in [0.2, 0.25) is 0 Å². The highest BCUT2D eigenvalue weighted by Crippen LogP contribution is 2.25. The van der Waals surface area contributed by atoms with Gasteiger partial charge in [0.15, 0.2) is 0 Å². The predicted octanol–water partition coefficient (Wildman–Crippen LogP) is 2.98. The first kappa shape index (κ1) is 16.3. The van der Waals surface area contributed by atoms with Crippen molar-refractivity contribution in [2.45, 2.75) is 0 Å². The fraction of sp³-hybridized carbons (Fsp3) is 0. The molecule has 0 radical (unpaired) electrons. The molecule has 0 fully saturated rings. The van der Waals surface area contributed by atoms with Gasteiger partial charge in [-0.3, -0.25) is 19.9 Å². The Hall–Kier alpha value is -4.14. The standard InChI is InChI=1S/C18H12N6O3/c25-18(22-14-5-1-3-12-4-2-8-20-17(12)14)13-6-7-15(16(9-13)24(26)27)23-11-19-10-21-23/h1-11H,(H,22,25). The Morgan fingerprint density at radius 2 is 2.00 bits per heavy atom. The van der Waals surface area contributed by atoms with Gasteiger partial charge in [0.1, 0.15) is 18.3 Å². The average Bonchev–Trinajstić information content (AvgIpc) is 3.22. The molecule has 0 atom stereocenters. The summed E-state index contributed by atoms with van der Waals surface area (Å²) in [5, 5.41) is 19.0. The van der Waals surface area contributed by atoms with Gasteiger partial charge in [0.05, 0.1) is 16.1 Å². The van der Waals surface area contributed by atoms with Crippen LogP contribution in [0.4, 0.5) is 11.4 Å². The number of pyridine rings is 1. The lowest BCUT2D eigenvalue weighted by atomic mass is 10.1. The number of amides is 1. The van der Waals surface area contributed by atoms with Gasteiger partial charge in [-0.1, -0.05) is 18.2 Å². The molecule has 0 unspecified atom stereocenters. The molecule has 0 aliphatic heterocycles. The van der Waals surface area contributed by atoms with E-state index < -0.39 is 10.8 Å². The third-order valence-electron chi connectivity index (χ3n) is 3.98. The Kier molecular flexibility index (Phi) is 4.01. The number of hydrogen-bond acceptors (Lipinski definition) is 6. The summed E-state index contributed by atoms with van der Waals surface area (Å²) >= 11 is 0. The zero-order valence-corrected chi connectivity index (χ0v) is 13.8. The molecule has 4 aromatic rings. The van der Waals surface area contributed by atoms with Crippen molar-refractivity contribution in [1.29, 1.82) is 0 Å². The first-order chi connectivity index (χ1) is 13.1. The zero-order valence-electron chi connectivity index (χ0n) is 13.8. The second kappa shape index (κ2) is 6.64. The van der Waals surface area contributed by atoms with E-state index >= 15 is 0 Å². The summed E-state index contributed by atoms with van der Waals surface area (Å²) in [5.41, 5.74) is 1.30. The molecule has 27 heavy (non-hydrogen) atoms. The summed E-state index contributed by atoms with van der Waals surface area (Å²) in [5.74, 6) is -0.471. The number of carbonyl (C=O) groups is 1. The van der Waals surface area contributed by atoms with Gasteiger partial charge in [0.25, 0.3) is 11.6 Å². The molecule has 1 N–H and O–H groups in total. The molecule has 9 nitrogen and oxygen atoms in total. The van der Waals surface area contributed by atoms with Crippen molar-refractivity contribution in [1.82, 2.24) is 19.7 Å². The number of anilines is 1. The van der Waals surface area contributed by atoms with Crippen LogP contribution in [0.1, 0.15) is 10.4 Å². The zero-order chi connectivity index (χ0) is 18.8. The van der Waals surface area contributed by atoms with E-state index in [4.69, 9.17) is 0 Å². The third-order valence-corrected chi connectivity index (χ3v) is 3.98. The highest BCUT2D eigenvalue weighted by molar-refractivity contribution is 6.08. The van der Waals surface area contributed by atoms with E-state index in [1.165, 1.54) is 35.5 Å². The molecule has 0 saturated heterocycles. The first-order valence-corrected chi connectivity index (χ1v) is 7.92. The minimum absolute atomic E-state index is 0.151. The monoisotopic (exact) mass is 360 g/mol. The molecule has 0 saturated carbocycles. The number of nitro benzene ring substituents is 1. The summed E-state index contributed by atoms with van der Waals surface area (Å²) in [4.78, 5) is 31.6. The number of aromatic nitrogens is 4. The van der Waals surface area contributed by atoms with Gasteiger partial charge in [-0.05, 0) is 24.3 Å². The minimum Gasteiger partial charge on any atom is -0.320 e. The second-order valence-electron chi connectivity index (χ2n) is 5.64. The summed E-state index contributed by atoms with van der Waals surface area (Å²) in [6.07, 6.45) is 4.26. The van der Waals surface area contributed by atoms with Gasteiger partial charge < -0.3 is 5.32 Å². The smallest absolute Gasteiger partial charge is 0.295 e. The van der Waals surface area contributed by atoms with Crippen LogP contribution in [0.25, 0.3) is 16.6 Å². The van der Waals surface area contributed by atoms with Crippen LogP contribution in [-0.2, 0) is 0 Å². The predicted molar refractivity (Wildman–Crippen MR) is 97.7 cm³/mol. The van der Waals surface area contributed by atoms with Gasteiger partial charge in [-0.15, -0.1) is 0 Å². The van der Waals surface area contributed by atoms with Gasteiger partial charge in [0.2, 0.25) is 0 Å². The fourth-order valence-electron chi connectivity index (χ4n) is 2.74. The van der Waals surface area contributed by atoms with Gasteiger partial charge in [-0.2, -0.15) is 5.10 Å². The van der Waals surface area contributed by atoms with Crippen LogP contribution in [0, 0.1) is 10.1 Å². The molecule has 2 heterocycles. The molecule has 0 bridgehead atoms. The molecular formula is C18H12N6O3. The summed E-state index contributed by atoms with van der Waals surface area (Å²) in [7, 11) is 0. The van der Waals surface area contributed by atoms with Crippen molar-refractivity contribution in [3.8, 4) is 5.69 Å². The van der Waals surface area contributed by atoms with E-state index in [1.807, 2.05) is 12.1 Å². The molecule has 2 aromatic heterocycles. The number of carbonyl (C=O) groups excluding carboxylic acids is 1.